The van der Waals surface area contributed by atoms with Gasteiger partial charge in [0, 0.05) is 11.9 Å². The number of thiazole rings is 1. The van der Waals surface area contributed by atoms with Crippen molar-refractivity contribution in [2.24, 2.45) is 11.7 Å². The molecule has 14 heavy (non-hydrogen) atoms. The van der Waals surface area contributed by atoms with Gasteiger partial charge in [-0.05, 0) is 32.4 Å². The maximum Gasteiger partial charge on any atom is 0.0897 e. The zero-order chi connectivity index (χ0) is 10.4. The molecule has 0 amide bonds. The van der Waals surface area contributed by atoms with Gasteiger partial charge in [-0.2, -0.15) is 0 Å². The Balaban J connectivity index is 2.15. The van der Waals surface area contributed by atoms with Crippen molar-refractivity contribution in [1.82, 2.24) is 10.3 Å². The Labute approximate surface area is 89.7 Å². The number of rotatable bonds is 6. The summed E-state index contributed by atoms with van der Waals surface area (Å²) in [6.07, 6.45) is 1.09. The SMILES string of the molecule is Cc1nc(CNCC(C)CCN)cs1. The third-order valence-corrected chi connectivity index (χ3v) is 2.95. The van der Waals surface area contributed by atoms with Gasteiger partial charge in [-0.25, -0.2) is 4.98 Å². The molecule has 80 valence electrons. The Morgan fingerprint density at radius 2 is 2.43 bits per heavy atom. The number of aryl methyl sites for hydroxylation is 1. The van der Waals surface area contributed by atoms with E-state index in [9.17, 15) is 0 Å². The molecule has 4 heteroatoms. The smallest absolute Gasteiger partial charge is 0.0897 e. The summed E-state index contributed by atoms with van der Waals surface area (Å²) in [6.45, 7) is 6.92. The lowest BCUT2D eigenvalue weighted by Gasteiger charge is -2.09. The van der Waals surface area contributed by atoms with E-state index in [0.717, 1.165) is 36.8 Å². The van der Waals surface area contributed by atoms with E-state index in [0.29, 0.717) is 5.92 Å². The molecule has 1 rings (SSSR count). The van der Waals surface area contributed by atoms with Crippen molar-refractivity contribution in [3.63, 3.8) is 0 Å². The van der Waals surface area contributed by atoms with E-state index >= 15 is 0 Å². The zero-order valence-electron chi connectivity index (χ0n) is 8.92. The zero-order valence-corrected chi connectivity index (χ0v) is 9.73. The van der Waals surface area contributed by atoms with E-state index < -0.39 is 0 Å². The normalized spacial score (nSPS) is 13.1. The van der Waals surface area contributed by atoms with Crippen molar-refractivity contribution in [2.75, 3.05) is 13.1 Å². The van der Waals surface area contributed by atoms with Crippen LogP contribution >= 0.6 is 11.3 Å². The topological polar surface area (TPSA) is 50.9 Å². The Kier molecular flexibility index (Phi) is 5.07. The fourth-order valence-corrected chi connectivity index (χ4v) is 1.94. The molecule has 0 aromatic carbocycles. The van der Waals surface area contributed by atoms with Gasteiger partial charge in [0.15, 0.2) is 0 Å². The highest BCUT2D eigenvalue weighted by Gasteiger charge is 2.01. The Hall–Kier alpha value is -0.450. The van der Waals surface area contributed by atoms with Gasteiger partial charge in [-0.1, -0.05) is 6.92 Å². The highest BCUT2D eigenvalue weighted by Crippen LogP contribution is 2.07. The molecule has 3 N–H and O–H groups in total. The van der Waals surface area contributed by atoms with Crippen LogP contribution in [0.5, 0.6) is 0 Å². The van der Waals surface area contributed by atoms with E-state index in [1.54, 1.807) is 11.3 Å². The van der Waals surface area contributed by atoms with Crippen LogP contribution in [0.15, 0.2) is 5.38 Å². The molecule has 0 fully saturated rings. The number of hydrogen-bond donors (Lipinski definition) is 2. The standard InChI is InChI=1S/C10H19N3S/c1-8(3-4-11)5-12-6-10-7-14-9(2)13-10/h7-8,12H,3-6,11H2,1-2H3. The van der Waals surface area contributed by atoms with Gasteiger partial charge in [-0.15, -0.1) is 11.3 Å². The monoisotopic (exact) mass is 213 g/mol. The lowest BCUT2D eigenvalue weighted by atomic mass is 10.1. The van der Waals surface area contributed by atoms with Crippen LogP contribution in [0.3, 0.4) is 0 Å². The molecular weight excluding hydrogens is 194 g/mol. The van der Waals surface area contributed by atoms with Crippen LogP contribution in [0, 0.1) is 12.8 Å². The summed E-state index contributed by atoms with van der Waals surface area (Å²) in [4.78, 5) is 4.38. The van der Waals surface area contributed by atoms with Gasteiger partial charge >= 0.3 is 0 Å². The third-order valence-electron chi connectivity index (χ3n) is 2.12. The summed E-state index contributed by atoms with van der Waals surface area (Å²) in [5.41, 5.74) is 6.62. The molecule has 1 unspecified atom stereocenters. The fourth-order valence-electron chi connectivity index (χ4n) is 1.32. The molecule has 0 spiro atoms. The summed E-state index contributed by atoms with van der Waals surface area (Å²) in [6, 6.07) is 0. The maximum atomic E-state index is 5.48. The van der Waals surface area contributed by atoms with Gasteiger partial charge in [0.05, 0.1) is 10.7 Å². The number of nitrogens with zero attached hydrogens (tertiary/aromatic N) is 1. The van der Waals surface area contributed by atoms with Gasteiger partial charge in [-0.3, -0.25) is 0 Å². The van der Waals surface area contributed by atoms with Crippen molar-refractivity contribution < 1.29 is 0 Å². The molecule has 0 saturated carbocycles. The molecule has 0 aliphatic rings. The first-order chi connectivity index (χ1) is 6.72. The molecule has 0 radical (unpaired) electrons. The summed E-state index contributed by atoms with van der Waals surface area (Å²) < 4.78 is 0. The van der Waals surface area contributed by atoms with Crippen molar-refractivity contribution in [2.45, 2.75) is 26.8 Å². The quantitative estimate of drug-likeness (QED) is 0.753. The Morgan fingerprint density at radius 3 is 3.00 bits per heavy atom. The Bertz CT molecular complexity index is 260. The van der Waals surface area contributed by atoms with Crippen molar-refractivity contribution >= 4 is 11.3 Å². The molecule has 0 aliphatic heterocycles. The van der Waals surface area contributed by atoms with Crippen LogP contribution in [-0.4, -0.2) is 18.1 Å². The summed E-state index contributed by atoms with van der Waals surface area (Å²) >= 11 is 1.70. The number of aromatic nitrogens is 1. The van der Waals surface area contributed by atoms with Gasteiger partial charge in [0.25, 0.3) is 0 Å². The van der Waals surface area contributed by atoms with E-state index in [4.69, 9.17) is 5.73 Å². The second-order valence-corrected chi connectivity index (χ2v) is 4.73. The minimum atomic E-state index is 0.653. The predicted octanol–water partition coefficient (Wildman–Crippen LogP) is 1.53. The first-order valence-electron chi connectivity index (χ1n) is 5.04. The van der Waals surface area contributed by atoms with Crippen LogP contribution < -0.4 is 11.1 Å². The minimum Gasteiger partial charge on any atom is -0.330 e. The minimum absolute atomic E-state index is 0.653. The molecule has 0 aliphatic carbocycles. The van der Waals surface area contributed by atoms with Crippen molar-refractivity contribution in [3.05, 3.63) is 16.1 Å². The molecule has 3 nitrogen and oxygen atoms in total. The second-order valence-electron chi connectivity index (χ2n) is 3.67. The second kappa shape index (κ2) is 6.11. The number of nitrogens with two attached hydrogens (primary N) is 1. The Morgan fingerprint density at radius 1 is 1.64 bits per heavy atom. The van der Waals surface area contributed by atoms with Gasteiger partial charge < -0.3 is 11.1 Å². The van der Waals surface area contributed by atoms with Gasteiger partial charge in [0.1, 0.15) is 0 Å². The molecule has 0 saturated heterocycles. The van der Waals surface area contributed by atoms with Crippen molar-refractivity contribution in [1.29, 1.82) is 0 Å². The largest absolute Gasteiger partial charge is 0.330 e. The van der Waals surface area contributed by atoms with Crippen LogP contribution in [0.4, 0.5) is 0 Å². The highest BCUT2D eigenvalue weighted by molar-refractivity contribution is 7.09. The van der Waals surface area contributed by atoms with Crippen molar-refractivity contribution in [3.8, 4) is 0 Å². The highest BCUT2D eigenvalue weighted by atomic mass is 32.1. The van der Waals surface area contributed by atoms with Crippen LogP contribution in [0.1, 0.15) is 24.0 Å². The van der Waals surface area contributed by atoms with Gasteiger partial charge in [0.2, 0.25) is 0 Å². The molecule has 1 heterocycles. The van der Waals surface area contributed by atoms with E-state index in [1.165, 1.54) is 0 Å². The van der Waals surface area contributed by atoms with E-state index in [1.807, 2.05) is 6.92 Å². The third kappa shape index (κ3) is 4.17. The average Bonchev–Trinajstić information content (AvgIpc) is 2.52. The summed E-state index contributed by atoms with van der Waals surface area (Å²) in [7, 11) is 0. The van der Waals surface area contributed by atoms with E-state index in [-0.39, 0.29) is 0 Å². The molecule has 1 aromatic rings. The molecule has 0 bridgehead atoms. The lowest BCUT2D eigenvalue weighted by molar-refractivity contribution is 0.485. The van der Waals surface area contributed by atoms with Crippen LogP contribution in [-0.2, 0) is 6.54 Å². The predicted molar refractivity (Wildman–Crippen MR) is 61.4 cm³/mol. The first kappa shape index (κ1) is 11.6. The molecule has 1 aromatic heterocycles. The average molecular weight is 213 g/mol. The number of hydrogen-bond acceptors (Lipinski definition) is 4. The molecule has 1 atom stereocenters. The lowest BCUT2D eigenvalue weighted by Crippen LogP contribution is -2.22. The number of nitrogens with one attached hydrogen (secondary N) is 1. The fraction of sp³-hybridized carbons (Fsp3) is 0.700. The molecular formula is C10H19N3S. The first-order valence-corrected chi connectivity index (χ1v) is 5.92. The summed E-state index contributed by atoms with van der Waals surface area (Å²) in [5.74, 6) is 0.653. The van der Waals surface area contributed by atoms with Crippen LogP contribution in [0.2, 0.25) is 0 Å². The summed E-state index contributed by atoms with van der Waals surface area (Å²) in [5, 5.41) is 6.63. The van der Waals surface area contributed by atoms with Crippen LogP contribution in [0.25, 0.3) is 0 Å². The van der Waals surface area contributed by atoms with E-state index in [2.05, 4.69) is 22.6 Å². The maximum absolute atomic E-state index is 5.48.